The number of esters is 1. The lowest BCUT2D eigenvalue weighted by Gasteiger charge is -2.08. The van der Waals surface area contributed by atoms with Crippen molar-refractivity contribution in [2.45, 2.75) is 19.4 Å². The Morgan fingerprint density at radius 3 is 2.80 bits per heavy atom. The van der Waals surface area contributed by atoms with E-state index in [1.54, 1.807) is 6.92 Å². The summed E-state index contributed by atoms with van der Waals surface area (Å²) in [6.07, 6.45) is 0.283. The van der Waals surface area contributed by atoms with Gasteiger partial charge < -0.3 is 19.7 Å². The van der Waals surface area contributed by atoms with Crippen molar-refractivity contribution in [2.24, 2.45) is 5.73 Å². The fourth-order valence-corrected chi connectivity index (χ4v) is 1.22. The van der Waals surface area contributed by atoms with Crippen LogP contribution in [-0.2, 0) is 16.0 Å². The zero-order valence-corrected chi connectivity index (χ0v) is 8.94. The molecule has 6 nitrogen and oxygen atoms in total. The molecule has 0 saturated heterocycles. The number of rotatable bonds is 4. The standard InChI is InChI=1S/C9H14N2O4/c1-5-6(8(13-2)11-15-5)4-7(10)9(12)14-3/h7H,4,10H2,1-3H3/t7-/m0/s1. The third kappa shape index (κ3) is 2.47. The zero-order valence-electron chi connectivity index (χ0n) is 8.94. The summed E-state index contributed by atoms with van der Waals surface area (Å²) in [7, 11) is 2.77. The molecule has 1 rings (SSSR count). The third-order valence-corrected chi connectivity index (χ3v) is 2.07. The van der Waals surface area contributed by atoms with Gasteiger partial charge in [0.2, 0.25) is 0 Å². The van der Waals surface area contributed by atoms with Gasteiger partial charge in [-0.3, -0.25) is 4.79 Å². The maximum absolute atomic E-state index is 11.1. The van der Waals surface area contributed by atoms with E-state index in [-0.39, 0.29) is 6.42 Å². The van der Waals surface area contributed by atoms with E-state index in [1.165, 1.54) is 14.2 Å². The second-order valence-corrected chi connectivity index (χ2v) is 3.06. The first kappa shape index (κ1) is 11.5. The van der Waals surface area contributed by atoms with Gasteiger partial charge in [-0.2, -0.15) is 0 Å². The van der Waals surface area contributed by atoms with Crippen molar-refractivity contribution in [1.29, 1.82) is 0 Å². The molecule has 0 aliphatic heterocycles. The summed E-state index contributed by atoms with van der Waals surface area (Å²) >= 11 is 0. The molecule has 0 aromatic carbocycles. The molecule has 0 radical (unpaired) electrons. The quantitative estimate of drug-likeness (QED) is 0.712. The zero-order chi connectivity index (χ0) is 11.4. The first-order chi connectivity index (χ1) is 7.10. The lowest BCUT2D eigenvalue weighted by atomic mass is 10.1. The van der Waals surface area contributed by atoms with E-state index in [4.69, 9.17) is 15.0 Å². The van der Waals surface area contributed by atoms with Gasteiger partial charge in [0, 0.05) is 6.42 Å². The number of carbonyl (C=O) groups is 1. The summed E-state index contributed by atoms with van der Waals surface area (Å²) < 4.78 is 14.4. The lowest BCUT2D eigenvalue weighted by Crippen LogP contribution is -2.33. The van der Waals surface area contributed by atoms with Crippen LogP contribution in [0.2, 0.25) is 0 Å². The van der Waals surface area contributed by atoms with E-state index in [2.05, 4.69) is 9.89 Å². The molecule has 1 aromatic rings. The van der Waals surface area contributed by atoms with E-state index in [0.717, 1.165) is 0 Å². The highest BCUT2D eigenvalue weighted by Crippen LogP contribution is 2.21. The minimum atomic E-state index is -0.734. The number of nitrogens with zero attached hydrogens (tertiary/aromatic N) is 1. The molecule has 0 bridgehead atoms. The van der Waals surface area contributed by atoms with Crippen molar-refractivity contribution in [3.63, 3.8) is 0 Å². The predicted octanol–water partition coefficient (Wildman–Crippen LogP) is 0.0344. The minimum absolute atomic E-state index is 0.283. The van der Waals surface area contributed by atoms with Gasteiger partial charge in [-0.1, -0.05) is 0 Å². The highest BCUT2D eigenvalue weighted by Gasteiger charge is 2.21. The maximum Gasteiger partial charge on any atom is 0.322 e. The molecule has 1 heterocycles. The Hall–Kier alpha value is -1.56. The van der Waals surface area contributed by atoms with Crippen LogP contribution in [0.3, 0.4) is 0 Å². The monoisotopic (exact) mass is 214 g/mol. The molecule has 2 N–H and O–H groups in total. The van der Waals surface area contributed by atoms with Crippen LogP contribution in [0.1, 0.15) is 11.3 Å². The molecule has 6 heteroatoms. The van der Waals surface area contributed by atoms with Crippen LogP contribution in [-0.4, -0.2) is 31.4 Å². The van der Waals surface area contributed by atoms with Crippen molar-refractivity contribution < 1.29 is 18.8 Å². The van der Waals surface area contributed by atoms with Gasteiger partial charge in [0.15, 0.2) is 0 Å². The Morgan fingerprint density at radius 2 is 2.27 bits per heavy atom. The average molecular weight is 214 g/mol. The summed E-state index contributed by atoms with van der Waals surface area (Å²) in [5.74, 6) is 0.468. The highest BCUT2D eigenvalue weighted by atomic mass is 16.5. The van der Waals surface area contributed by atoms with Gasteiger partial charge in [-0.05, 0) is 12.1 Å². The van der Waals surface area contributed by atoms with E-state index < -0.39 is 12.0 Å². The summed E-state index contributed by atoms with van der Waals surface area (Å²) in [5.41, 5.74) is 6.30. The third-order valence-electron chi connectivity index (χ3n) is 2.07. The van der Waals surface area contributed by atoms with E-state index in [0.29, 0.717) is 17.2 Å². The molecule has 84 valence electrons. The Labute approximate surface area is 87.3 Å². The number of ether oxygens (including phenoxy) is 2. The normalized spacial score (nSPS) is 12.3. The number of carbonyl (C=O) groups excluding carboxylic acids is 1. The number of hydrogen-bond acceptors (Lipinski definition) is 6. The summed E-state index contributed by atoms with van der Waals surface area (Å²) in [4.78, 5) is 11.1. The predicted molar refractivity (Wildman–Crippen MR) is 51.5 cm³/mol. The topological polar surface area (TPSA) is 87.6 Å². The Balaban J connectivity index is 2.79. The number of aromatic nitrogens is 1. The van der Waals surface area contributed by atoms with Crippen LogP contribution in [0.25, 0.3) is 0 Å². The SMILES string of the molecule is COC(=O)[C@@H](N)Cc1c(OC)noc1C. The molecule has 1 atom stereocenters. The van der Waals surface area contributed by atoms with Gasteiger partial charge >= 0.3 is 5.97 Å². The molecule has 0 aliphatic rings. The van der Waals surface area contributed by atoms with Gasteiger partial charge in [0.1, 0.15) is 11.8 Å². The van der Waals surface area contributed by atoms with Crippen LogP contribution >= 0.6 is 0 Å². The first-order valence-electron chi connectivity index (χ1n) is 4.42. The Bertz CT molecular complexity index is 348. The fourth-order valence-electron chi connectivity index (χ4n) is 1.22. The molecule has 0 amide bonds. The van der Waals surface area contributed by atoms with Crippen molar-refractivity contribution in [3.05, 3.63) is 11.3 Å². The number of nitrogens with two attached hydrogens (primary N) is 1. The Kier molecular flexibility index (Phi) is 3.68. The summed E-state index contributed by atoms with van der Waals surface area (Å²) in [6.45, 7) is 1.73. The lowest BCUT2D eigenvalue weighted by molar-refractivity contribution is -0.142. The van der Waals surface area contributed by atoms with E-state index in [9.17, 15) is 4.79 Å². The average Bonchev–Trinajstić information content (AvgIpc) is 2.59. The summed E-state index contributed by atoms with van der Waals surface area (Å²) in [5, 5.41) is 3.67. The fraction of sp³-hybridized carbons (Fsp3) is 0.556. The van der Waals surface area contributed by atoms with Gasteiger partial charge in [0.25, 0.3) is 5.88 Å². The van der Waals surface area contributed by atoms with E-state index >= 15 is 0 Å². The van der Waals surface area contributed by atoms with Crippen molar-refractivity contribution in [1.82, 2.24) is 5.16 Å². The smallest absolute Gasteiger partial charge is 0.322 e. The van der Waals surface area contributed by atoms with Crippen molar-refractivity contribution in [3.8, 4) is 5.88 Å². The van der Waals surface area contributed by atoms with Gasteiger partial charge in [0.05, 0.1) is 19.8 Å². The largest absolute Gasteiger partial charge is 0.479 e. The summed E-state index contributed by atoms with van der Waals surface area (Å²) in [6, 6.07) is -0.734. The number of methoxy groups -OCH3 is 2. The van der Waals surface area contributed by atoms with Gasteiger partial charge in [-0.15, -0.1) is 0 Å². The second-order valence-electron chi connectivity index (χ2n) is 3.06. The van der Waals surface area contributed by atoms with Crippen LogP contribution in [0.4, 0.5) is 0 Å². The van der Waals surface area contributed by atoms with Crippen molar-refractivity contribution in [2.75, 3.05) is 14.2 Å². The molecule has 0 unspecified atom stereocenters. The molecular formula is C9H14N2O4. The number of aryl methyl sites for hydroxylation is 1. The van der Waals surface area contributed by atoms with Gasteiger partial charge in [-0.25, -0.2) is 0 Å². The maximum atomic E-state index is 11.1. The van der Waals surface area contributed by atoms with Crippen LogP contribution in [0.5, 0.6) is 5.88 Å². The second kappa shape index (κ2) is 4.79. The minimum Gasteiger partial charge on any atom is -0.479 e. The van der Waals surface area contributed by atoms with Crippen LogP contribution < -0.4 is 10.5 Å². The van der Waals surface area contributed by atoms with Crippen LogP contribution in [0.15, 0.2) is 4.52 Å². The molecule has 0 spiro atoms. The first-order valence-corrected chi connectivity index (χ1v) is 4.42. The van der Waals surface area contributed by atoms with E-state index in [1.807, 2.05) is 0 Å². The molecule has 0 aliphatic carbocycles. The van der Waals surface area contributed by atoms with Crippen LogP contribution in [0, 0.1) is 6.92 Å². The Morgan fingerprint density at radius 1 is 1.60 bits per heavy atom. The van der Waals surface area contributed by atoms with Crippen molar-refractivity contribution >= 4 is 5.97 Å². The molecule has 15 heavy (non-hydrogen) atoms. The molecule has 1 aromatic heterocycles. The molecule has 0 fully saturated rings. The number of hydrogen-bond donors (Lipinski definition) is 1. The molecular weight excluding hydrogens is 200 g/mol. The molecule has 0 saturated carbocycles. The highest BCUT2D eigenvalue weighted by molar-refractivity contribution is 5.75.